The van der Waals surface area contributed by atoms with Crippen LogP contribution in [0, 0.1) is 5.82 Å². The Kier molecular flexibility index (Phi) is 6.60. The summed E-state index contributed by atoms with van der Waals surface area (Å²) in [7, 11) is 0. The fourth-order valence-electron chi connectivity index (χ4n) is 3.59. The average Bonchev–Trinajstić information content (AvgIpc) is 3.17. The number of aromatic nitrogens is 2. The monoisotopic (exact) mass is 429 g/mol. The Morgan fingerprint density at radius 2 is 1.81 bits per heavy atom. The van der Waals surface area contributed by atoms with E-state index in [1.54, 1.807) is 0 Å². The van der Waals surface area contributed by atoms with Crippen molar-refractivity contribution >= 4 is 16.9 Å². The second kappa shape index (κ2) is 9.92. The lowest BCUT2D eigenvalue weighted by Gasteiger charge is -2.13. The number of ether oxygens (including phenoxy) is 1. The third kappa shape index (κ3) is 4.86. The number of hydrogen-bond donors (Lipinski definition) is 1. The summed E-state index contributed by atoms with van der Waals surface area (Å²) in [6.07, 6.45) is 2.60. The summed E-state index contributed by atoms with van der Waals surface area (Å²) < 4.78 is 21.2. The largest absolute Gasteiger partial charge is 0.491 e. The fourth-order valence-corrected chi connectivity index (χ4v) is 3.59. The van der Waals surface area contributed by atoms with Crippen LogP contribution in [0.15, 0.2) is 85.5 Å². The molecule has 0 fully saturated rings. The molecule has 0 bridgehead atoms. The third-order valence-electron chi connectivity index (χ3n) is 5.16. The lowest BCUT2D eigenvalue weighted by atomic mass is 10.1. The van der Waals surface area contributed by atoms with Gasteiger partial charge in [-0.1, -0.05) is 36.4 Å². The molecule has 0 aliphatic heterocycles. The summed E-state index contributed by atoms with van der Waals surface area (Å²) in [5.41, 5.74) is 3.31. The standard InChI is InChI=1S/C26H24FN3O2/c1-2-7-19-8-3-6-11-24(19)32-17-16-30-23-10-5-4-9-22(23)29-25(30)18-28-26(31)20-12-14-21(27)15-13-20/h2-6,8-15H,1,7,16-18H2,(H,28,31). The van der Waals surface area contributed by atoms with E-state index in [4.69, 9.17) is 4.74 Å². The molecule has 5 nitrogen and oxygen atoms in total. The smallest absolute Gasteiger partial charge is 0.251 e. The van der Waals surface area contributed by atoms with Crippen molar-refractivity contribution < 1.29 is 13.9 Å². The first-order valence-corrected chi connectivity index (χ1v) is 10.4. The Morgan fingerprint density at radius 1 is 1.06 bits per heavy atom. The third-order valence-corrected chi connectivity index (χ3v) is 5.16. The number of rotatable bonds is 9. The van der Waals surface area contributed by atoms with Gasteiger partial charge < -0.3 is 14.6 Å². The van der Waals surface area contributed by atoms with Crippen molar-refractivity contribution in [3.63, 3.8) is 0 Å². The van der Waals surface area contributed by atoms with Gasteiger partial charge in [-0.05, 0) is 54.4 Å². The molecule has 32 heavy (non-hydrogen) atoms. The zero-order valence-electron chi connectivity index (χ0n) is 17.6. The molecular formula is C26H24FN3O2. The van der Waals surface area contributed by atoms with Gasteiger partial charge in [-0.25, -0.2) is 9.37 Å². The van der Waals surface area contributed by atoms with Gasteiger partial charge in [-0.3, -0.25) is 4.79 Å². The number of para-hydroxylation sites is 3. The first-order chi connectivity index (χ1) is 15.7. The number of nitrogens with one attached hydrogen (secondary N) is 1. The van der Waals surface area contributed by atoms with Gasteiger partial charge in [0, 0.05) is 5.56 Å². The van der Waals surface area contributed by atoms with Gasteiger partial charge in [0.05, 0.1) is 24.1 Å². The Balaban J connectivity index is 1.48. The summed E-state index contributed by atoms with van der Waals surface area (Å²) in [6, 6.07) is 21.2. The van der Waals surface area contributed by atoms with Crippen molar-refractivity contribution in [2.24, 2.45) is 0 Å². The molecule has 6 heteroatoms. The van der Waals surface area contributed by atoms with E-state index in [1.807, 2.05) is 54.6 Å². The molecule has 4 rings (SSSR count). The van der Waals surface area contributed by atoms with Gasteiger partial charge in [-0.2, -0.15) is 0 Å². The van der Waals surface area contributed by atoms with E-state index in [0.717, 1.165) is 34.6 Å². The lowest BCUT2D eigenvalue weighted by Crippen LogP contribution is -2.25. The quantitative estimate of drug-likeness (QED) is 0.385. The van der Waals surface area contributed by atoms with Crippen LogP contribution in [0.25, 0.3) is 11.0 Å². The molecule has 0 spiro atoms. The average molecular weight is 429 g/mol. The number of allylic oxidation sites excluding steroid dienone is 1. The summed E-state index contributed by atoms with van der Waals surface area (Å²) in [5.74, 6) is 0.906. The summed E-state index contributed by atoms with van der Waals surface area (Å²) in [6.45, 7) is 5.08. The number of hydrogen-bond acceptors (Lipinski definition) is 3. The number of halogens is 1. The van der Waals surface area contributed by atoms with Crippen molar-refractivity contribution in [2.75, 3.05) is 6.61 Å². The minimum atomic E-state index is -0.377. The Labute approximate surface area is 186 Å². The maximum Gasteiger partial charge on any atom is 0.251 e. The van der Waals surface area contributed by atoms with Gasteiger partial charge >= 0.3 is 0 Å². The van der Waals surface area contributed by atoms with Crippen molar-refractivity contribution in [1.82, 2.24) is 14.9 Å². The number of carbonyl (C=O) groups is 1. The van der Waals surface area contributed by atoms with Gasteiger partial charge in [0.15, 0.2) is 0 Å². The van der Waals surface area contributed by atoms with E-state index < -0.39 is 0 Å². The van der Waals surface area contributed by atoms with Crippen molar-refractivity contribution in [3.05, 3.63) is 108 Å². The Hall–Kier alpha value is -3.93. The SMILES string of the molecule is C=CCc1ccccc1OCCn1c(CNC(=O)c2ccc(F)cc2)nc2ccccc21. The van der Waals surface area contributed by atoms with Crippen LogP contribution < -0.4 is 10.1 Å². The zero-order valence-corrected chi connectivity index (χ0v) is 17.6. The number of imidazole rings is 1. The van der Waals surface area contributed by atoms with Crippen LogP contribution >= 0.6 is 0 Å². The molecule has 0 aliphatic rings. The molecular weight excluding hydrogens is 405 g/mol. The molecule has 0 saturated heterocycles. The lowest BCUT2D eigenvalue weighted by molar-refractivity contribution is 0.0949. The van der Waals surface area contributed by atoms with Crippen LogP contribution in [0.4, 0.5) is 4.39 Å². The molecule has 0 unspecified atom stereocenters. The minimum Gasteiger partial charge on any atom is -0.491 e. The number of fused-ring (bicyclic) bond motifs is 1. The van der Waals surface area contributed by atoms with Crippen LogP contribution in [0.5, 0.6) is 5.75 Å². The van der Waals surface area contributed by atoms with Crippen LogP contribution in [-0.4, -0.2) is 22.1 Å². The summed E-state index contributed by atoms with van der Waals surface area (Å²) in [5, 5.41) is 2.87. The van der Waals surface area contributed by atoms with Crippen LogP contribution in [0.2, 0.25) is 0 Å². The van der Waals surface area contributed by atoms with Gasteiger partial charge in [-0.15, -0.1) is 6.58 Å². The van der Waals surface area contributed by atoms with E-state index in [2.05, 4.69) is 21.4 Å². The fraction of sp³-hybridized carbons (Fsp3) is 0.154. The zero-order chi connectivity index (χ0) is 22.3. The summed E-state index contributed by atoms with van der Waals surface area (Å²) >= 11 is 0. The van der Waals surface area contributed by atoms with Crippen molar-refractivity contribution in [3.8, 4) is 5.75 Å². The maximum absolute atomic E-state index is 13.1. The first kappa shape index (κ1) is 21.3. The predicted octanol–water partition coefficient (Wildman–Crippen LogP) is 4.91. The molecule has 1 N–H and O–H groups in total. The molecule has 1 heterocycles. The van der Waals surface area contributed by atoms with E-state index in [0.29, 0.717) is 18.7 Å². The molecule has 0 atom stereocenters. The van der Waals surface area contributed by atoms with Crippen LogP contribution in [0.1, 0.15) is 21.7 Å². The Morgan fingerprint density at radius 3 is 2.62 bits per heavy atom. The number of carbonyl (C=O) groups excluding carboxylic acids is 1. The second-order valence-electron chi connectivity index (χ2n) is 7.31. The molecule has 0 saturated carbocycles. The normalized spacial score (nSPS) is 10.8. The van der Waals surface area contributed by atoms with Gasteiger partial charge in [0.25, 0.3) is 5.91 Å². The molecule has 4 aromatic rings. The number of amides is 1. The van der Waals surface area contributed by atoms with E-state index in [1.165, 1.54) is 24.3 Å². The molecule has 1 amide bonds. The number of nitrogens with zero attached hydrogens (tertiary/aromatic N) is 2. The van der Waals surface area contributed by atoms with E-state index in [9.17, 15) is 9.18 Å². The molecule has 0 radical (unpaired) electrons. The topological polar surface area (TPSA) is 56.1 Å². The highest BCUT2D eigenvalue weighted by molar-refractivity contribution is 5.94. The van der Waals surface area contributed by atoms with Crippen molar-refractivity contribution in [2.45, 2.75) is 19.5 Å². The molecule has 1 aromatic heterocycles. The first-order valence-electron chi connectivity index (χ1n) is 10.4. The highest BCUT2D eigenvalue weighted by Crippen LogP contribution is 2.20. The maximum atomic E-state index is 13.1. The van der Waals surface area contributed by atoms with Crippen LogP contribution in [0.3, 0.4) is 0 Å². The molecule has 3 aromatic carbocycles. The van der Waals surface area contributed by atoms with Crippen molar-refractivity contribution in [1.29, 1.82) is 0 Å². The Bertz CT molecular complexity index is 1230. The van der Waals surface area contributed by atoms with Crippen LogP contribution in [-0.2, 0) is 19.5 Å². The van der Waals surface area contributed by atoms with E-state index >= 15 is 0 Å². The van der Waals surface area contributed by atoms with Gasteiger partial charge in [0.1, 0.15) is 24.0 Å². The van der Waals surface area contributed by atoms with Gasteiger partial charge in [0.2, 0.25) is 0 Å². The number of benzene rings is 3. The molecule has 162 valence electrons. The summed E-state index contributed by atoms with van der Waals surface area (Å²) in [4.78, 5) is 17.1. The highest BCUT2D eigenvalue weighted by Gasteiger charge is 2.13. The molecule has 0 aliphatic carbocycles. The predicted molar refractivity (Wildman–Crippen MR) is 123 cm³/mol. The van der Waals surface area contributed by atoms with E-state index in [-0.39, 0.29) is 18.3 Å². The highest BCUT2D eigenvalue weighted by atomic mass is 19.1. The minimum absolute atomic E-state index is 0.248. The second-order valence-corrected chi connectivity index (χ2v) is 7.31.